The number of halogens is 1. The molecule has 0 atom stereocenters. The third-order valence-electron chi connectivity index (χ3n) is 3.66. The third kappa shape index (κ3) is 3.92. The summed E-state index contributed by atoms with van der Waals surface area (Å²) in [5, 5.41) is 0. The molecule has 2 aromatic carbocycles. The lowest BCUT2D eigenvalue weighted by Gasteiger charge is -2.24. The predicted octanol–water partition coefficient (Wildman–Crippen LogP) is 5.90. The van der Waals surface area contributed by atoms with Gasteiger partial charge in [-0.2, -0.15) is 0 Å². The Morgan fingerprint density at radius 2 is 1.73 bits per heavy atom. The van der Waals surface area contributed by atoms with E-state index in [0.717, 1.165) is 16.9 Å². The third-order valence-corrected chi connectivity index (χ3v) is 3.95. The monoisotopic (exact) mass is 314 g/mol. The SMILES string of the molecule is COc1cc(CCl)c(C(C)(C)C)cc1C=Cc1ccccc1. The lowest BCUT2D eigenvalue weighted by molar-refractivity contribution is 0.412. The van der Waals surface area contributed by atoms with Crippen molar-refractivity contribution in [2.45, 2.75) is 32.1 Å². The molecule has 0 aliphatic rings. The summed E-state index contributed by atoms with van der Waals surface area (Å²) in [5.41, 5.74) is 4.68. The maximum atomic E-state index is 6.12. The van der Waals surface area contributed by atoms with Gasteiger partial charge in [-0.25, -0.2) is 0 Å². The van der Waals surface area contributed by atoms with E-state index in [4.69, 9.17) is 16.3 Å². The quantitative estimate of drug-likeness (QED) is 0.504. The first-order chi connectivity index (χ1) is 10.5. The number of rotatable bonds is 4. The summed E-state index contributed by atoms with van der Waals surface area (Å²) in [7, 11) is 1.70. The highest BCUT2D eigenvalue weighted by molar-refractivity contribution is 6.17. The molecule has 0 aromatic heterocycles. The zero-order valence-corrected chi connectivity index (χ0v) is 14.4. The van der Waals surface area contributed by atoms with E-state index >= 15 is 0 Å². The second-order valence-corrected chi connectivity index (χ2v) is 6.65. The Balaban J connectivity index is 2.48. The van der Waals surface area contributed by atoms with Crippen molar-refractivity contribution in [1.29, 1.82) is 0 Å². The molecule has 2 aromatic rings. The van der Waals surface area contributed by atoms with E-state index in [1.54, 1.807) is 7.11 Å². The smallest absolute Gasteiger partial charge is 0.126 e. The lowest BCUT2D eigenvalue weighted by Crippen LogP contribution is -2.14. The molecule has 0 aliphatic carbocycles. The summed E-state index contributed by atoms with van der Waals surface area (Å²) in [5.74, 6) is 1.35. The Labute approximate surface area is 138 Å². The molecule has 0 spiro atoms. The van der Waals surface area contributed by atoms with E-state index in [0.29, 0.717) is 5.88 Å². The largest absolute Gasteiger partial charge is 0.496 e. The van der Waals surface area contributed by atoms with Crippen LogP contribution in [0.3, 0.4) is 0 Å². The minimum absolute atomic E-state index is 0.0475. The van der Waals surface area contributed by atoms with E-state index < -0.39 is 0 Å². The predicted molar refractivity (Wildman–Crippen MR) is 96.6 cm³/mol. The van der Waals surface area contributed by atoms with Gasteiger partial charge in [-0.3, -0.25) is 0 Å². The minimum Gasteiger partial charge on any atom is -0.496 e. The topological polar surface area (TPSA) is 9.23 Å². The first-order valence-corrected chi connectivity index (χ1v) is 7.99. The van der Waals surface area contributed by atoms with Crippen molar-refractivity contribution in [2.24, 2.45) is 0 Å². The van der Waals surface area contributed by atoms with Crippen molar-refractivity contribution < 1.29 is 4.74 Å². The highest BCUT2D eigenvalue weighted by Crippen LogP contribution is 2.33. The van der Waals surface area contributed by atoms with Gasteiger partial charge in [0.15, 0.2) is 0 Å². The van der Waals surface area contributed by atoms with Crippen molar-refractivity contribution in [3.05, 3.63) is 64.7 Å². The van der Waals surface area contributed by atoms with Gasteiger partial charge < -0.3 is 4.74 Å². The van der Waals surface area contributed by atoms with Crippen LogP contribution in [-0.2, 0) is 11.3 Å². The number of alkyl halides is 1. The zero-order chi connectivity index (χ0) is 16.2. The van der Waals surface area contributed by atoms with Crippen LogP contribution in [0.4, 0.5) is 0 Å². The van der Waals surface area contributed by atoms with E-state index in [1.165, 1.54) is 11.1 Å². The average molecular weight is 315 g/mol. The molecule has 0 unspecified atom stereocenters. The molecular weight excluding hydrogens is 292 g/mol. The van der Waals surface area contributed by atoms with Gasteiger partial charge in [-0.05, 0) is 34.2 Å². The summed E-state index contributed by atoms with van der Waals surface area (Å²) in [4.78, 5) is 0. The number of ether oxygens (including phenoxy) is 1. The second kappa shape index (κ2) is 7.02. The van der Waals surface area contributed by atoms with Gasteiger partial charge in [-0.1, -0.05) is 63.3 Å². The Morgan fingerprint density at radius 3 is 2.27 bits per heavy atom. The molecule has 0 bridgehead atoms. The zero-order valence-electron chi connectivity index (χ0n) is 13.7. The van der Waals surface area contributed by atoms with Crippen molar-refractivity contribution in [3.8, 4) is 5.75 Å². The highest BCUT2D eigenvalue weighted by atomic mass is 35.5. The van der Waals surface area contributed by atoms with E-state index in [-0.39, 0.29) is 5.41 Å². The van der Waals surface area contributed by atoms with E-state index in [1.807, 2.05) is 18.2 Å². The van der Waals surface area contributed by atoms with Crippen LogP contribution in [0.25, 0.3) is 12.2 Å². The summed E-state index contributed by atoms with van der Waals surface area (Å²) >= 11 is 6.12. The van der Waals surface area contributed by atoms with Crippen LogP contribution in [0.5, 0.6) is 5.75 Å². The Morgan fingerprint density at radius 1 is 1.05 bits per heavy atom. The average Bonchev–Trinajstić information content (AvgIpc) is 2.52. The van der Waals surface area contributed by atoms with Gasteiger partial charge in [-0.15, -0.1) is 11.6 Å². The molecular formula is C20H23ClO. The fourth-order valence-electron chi connectivity index (χ4n) is 2.50. The van der Waals surface area contributed by atoms with Crippen molar-refractivity contribution in [2.75, 3.05) is 7.11 Å². The number of hydrogen-bond acceptors (Lipinski definition) is 1. The van der Waals surface area contributed by atoms with Crippen LogP contribution < -0.4 is 4.74 Å². The summed E-state index contributed by atoms with van der Waals surface area (Å²) in [6.45, 7) is 6.61. The molecule has 2 rings (SSSR count). The molecule has 0 fully saturated rings. The van der Waals surface area contributed by atoms with Crippen LogP contribution >= 0.6 is 11.6 Å². The minimum atomic E-state index is 0.0475. The maximum Gasteiger partial charge on any atom is 0.126 e. The molecule has 0 saturated heterocycles. The molecule has 0 saturated carbocycles. The molecule has 0 amide bonds. The van der Waals surface area contributed by atoms with Gasteiger partial charge in [0.05, 0.1) is 7.11 Å². The van der Waals surface area contributed by atoms with Gasteiger partial charge in [0, 0.05) is 11.4 Å². The van der Waals surface area contributed by atoms with Crippen molar-refractivity contribution >= 4 is 23.8 Å². The lowest BCUT2D eigenvalue weighted by atomic mass is 9.83. The molecule has 2 heteroatoms. The van der Waals surface area contributed by atoms with Crippen LogP contribution in [0.15, 0.2) is 42.5 Å². The number of hydrogen-bond donors (Lipinski definition) is 0. The molecule has 0 heterocycles. The summed E-state index contributed by atoms with van der Waals surface area (Å²) in [6, 6.07) is 14.5. The molecule has 1 nitrogen and oxygen atoms in total. The van der Waals surface area contributed by atoms with Crippen molar-refractivity contribution in [1.82, 2.24) is 0 Å². The number of methoxy groups -OCH3 is 1. The van der Waals surface area contributed by atoms with Crippen LogP contribution in [-0.4, -0.2) is 7.11 Å². The van der Waals surface area contributed by atoms with Crippen molar-refractivity contribution in [3.63, 3.8) is 0 Å². The first kappa shape index (κ1) is 16.6. The molecule has 0 N–H and O–H groups in total. The first-order valence-electron chi connectivity index (χ1n) is 7.46. The summed E-state index contributed by atoms with van der Waals surface area (Å²) < 4.78 is 5.53. The van der Waals surface area contributed by atoms with Gasteiger partial charge in [0.25, 0.3) is 0 Å². The Kier molecular flexibility index (Phi) is 5.31. The molecule has 22 heavy (non-hydrogen) atoms. The fraction of sp³-hybridized carbons (Fsp3) is 0.300. The van der Waals surface area contributed by atoms with Gasteiger partial charge in [0.1, 0.15) is 5.75 Å². The molecule has 0 aliphatic heterocycles. The van der Waals surface area contributed by atoms with Crippen LogP contribution in [0.2, 0.25) is 0 Å². The summed E-state index contributed by atoms with van der Waals surface area (Å²) in [6.07, 6.45) is 4.20. The highest BCUT2D eigenvalue weighted by Gasteiger charge is 2.19. The second-order valence-electron chi connectivity index (χ2n) is 6.38. The van der Waals surface area contributed by atoms with Gasteiger partial charge >= 0.3 is 0 Å². The van der Waals surface area contributed by atoms with Gasteiger partial charge in [0.2, 0.25) is 0 Å². The molecule has 0 radical (unpaired) electrons. The fourth-order valence-corrected chi connectivity index (χ4v) is 2.73. The van der Waals surface area contributed by atoms with Crippen LogP contribution in [0.1, 0.15) is 43.0 Å². The number of benzene rings is 2. The standard InChI is InChI=1S/C20H23ClO/c1-20(2,3)18-12-16(19(22-4)13-17(18)14-21)11-10-15-8-6-5-7-9-15/h5-13H,14H2,1-4H3. The molecule has 116 valence electrons. The Hall–Kier alpha value is -1.73. The van der Waals surface area contributed by atoms with E-state index in [2.05, 4.69) is 57.2 Å². The maximum absolute atomic E-state index is 6.12. The normalized spacial score (nSPS) is 11.9. The van der Waals surface area contributed by atoms with E-state index in [9.17, 15) is 0 Å². The Bertz CT molecular complexity index is 651. The van der Waals surface area contributed by atoms with Crippen LogP contribution in [0, 0.1) is 0 Å².